The van der Waals surface area contributed by atoms with Crippen molar-refractivity contribution < 1.29 is 14.6 Å². The van der Waals surface area contributed by atoms with Gasteiger partial charge in [0, 0.05) is 6.42 Å². The Morgan fingerprint density at radius 2 is 2.19 bits per heavy atom. The van der Waals surface area contributed by atoms with Crippen LogP contribution in [0.5, 0.6) is 0 Å². The molecule has 2 aliphatic rings. The number of carbonyl (C=O) groups excluding carboxylic acids is 1. The minimum atomic E-state index is -0.664. The average Bonchev–Trinajstić information content (AvgIpc) is 2.62. The van der Waals surface area contributed by atoms with E-state index in [0.29, 0.717) is 18.9 Å². The molecule has 2 saturated heterocycles. The predicted molar refractivity (Wildman–Crippen MR) is 59.6 cm³/mol. The molecule has 2 heterocycles. The molecular formula is C12H21NO3. The summed E-state index contributed by atoms with van der Waals surface area (Å²) in [6.07, 6.45) is 0.582. The van der Waals surface area contributed by atoms with E-state index in [1.165, 1.54) is 0 Å². The summed E-state index contributed by atoms with van der Waals surface area (Å²) in [5.41, 5.74) is -1.17. The lowest BCUT2D eigenvalue weighted by Gasteiger charge is -2.31. The maximum Gasteiger partial charge on any atom is 0.233 e. The molecule has 0 radical (unpaired) electrons. The van der Waals surface area contributed by atoms with Gasteiger partial charge in [0.05, 0.1) is 24.7 Å². The highest BCUT2D eigenvalue weighted by Crippen LogP contribution is 2.48. The van der Waals surface area contributed by atoms with Gasteiger partial charge in [0.2, 0.25) is 5.91 Å². The molecular weight excluding hydrogens is 206 g/mol. The number of nitrogens with zero attached hydrogens (tertiary/aromatic N) is 1. The van der Waals surface area contributed by atoms with Crippen LogP contribution >= 0.6 is 0 Å². The molecule has 92 valence electrons. The fourth-order valence-corrected chi connectivity index (χ4v) is 2.97. The molecule has 3 atom stereocenters. The van der Waals surface area contributed by atoms with Crippen LogP contribution in [0.2, 0.25) is 0 Å². The second-order valence-corrected chi connectivity index (χ2v) is 5.87. The second-order valence-electron chi connectivity index (χ2n) is 5.87. The molecule has 1 amide bonds. The summed E-state index contributed by atoms with van der Waals surface area (Å²) < 4.78 is 5.80. The van der Waals surface area contributed by atoms with Crippen LogP contribution < -0.4 is 0 Å². The van der Waals surface area contributed by atoms with Gasteiger partial charge in [-0.3, -0.25) is 4.79 Å². The van der Waals surface area contributed by atoms with E-state index in [-0.39, 0.29) is 18.6 Å². The number of hydrogen-bond donors (Lipinski definition) is 1. The molecule has 2 rings (SSSR count). The van der Waals surface area contributed by atoms with Gasteiger partial charge in [-0.05, 0) is 19.8 Å². The van der Waals surface area contributed by atoms with E-state index >= 15 is 0 Å². The van der Waals surface area contributed by atoms with Crippen LogP contribution in [0.3, 0.4) is 0 Å². The highest BCUT2D eigenvalue weighted by atomic mass is 16.5. The maximum atomic E-state index is 12.3. The first kappa shape index (κ1) is 11.9. The quantitative estimate of drug-likeness (QED) is 0.765. The highest BCUT2D eigenvalue weighted by Gasteiger charge is 2.61. The van der Waals surface area contributed by atoms with Gasteiger partial charge in [-0.25, -0.2) is 0 Å². The third-order valence-electron chi connectivity index (χ3n) is 3.98. The number of amides is 1. The number of hydrogen-bond acceptors (Lipinski definition) is 3. The topological polar surface area (TPSA) is 49.8 Å². The number of fused-ring (bicyclic) bond motifs is 1. The molecule has 1 N–H and O–H groups in total. The molecule has 16 heavy (non-hydrogen) atoms. The summed E-state index contributed by atoms with van der Waals surface area (Å²) in [5, 5.41) is 9.39. The number of aliphatic hydroxyl groups is 1. The van der Waals surface area contributed by atoms with Crippen molar-refractivity contribution in [1.29, 1.82) is 0 Å². The van der Waals surface area contributed by atoms with Crippen LogP contribution in [0.4, 0.5) is 0 Å². The van der Waals surface area contributed by atoms with Gasteiger partial charge in [-0.2, -0.15) is 0 Å². The third-order valence-corrected chi connectivity index (χ3v) is 3.98. The monoisotopic (exact) mass is 227 g/mol. The minimum Gasteiger partial charge on any atom is -0.395 e. The lowest BCUT2D eigenvalue weighted by atomic mass is 9.87. The van der Waals surface area contributed by atoms with Crippen molar-refractivity contribution in [2.75, 3.05) is 13.2 Å². The minimum absolute atomic E-state index is 0.0358. The first-order chi connectivity index (χ1) is 7.34. The Labute approximate surface area is 96.6 Å². The zero-order valence-corrected chi connectivity index (χ0v) is 10.5. The molecule has 0 aromatic heterocycles. The van der Waals surface area contributed by atoms with E-state index in [9.17, 15) is 9.90 Å². The maximum absolute atomic E-state index is 12.3. The van der Waals surface area contributed by atoms with Gasteiger partial charge in [-0.15, -0.1) is 0 Å². The van der Waals surface area contributed by atoms with Gasteiger partial charge >= 0.3 is 0 Å². The molecule has 0 spiro atoms. The van der Waals surface area contributed by atoms with Crippen molar-refractivity contribution >= 4 is 5.91 Å². The predicted octanol–water partition coefficient (Wildman–Crippen LogP) is 0.988. The van der Waals surface area contributed by atoms with Gasteiger partial charge in [0.15, 0.2) is 0 Å². The van der Waals surface area contributed by atoms with Crippen molar-refractivity contribution in [2.45, 2.75) is 45.9 Å². The Hall–Kier alpha value is -0.610. The van der Waals surface area contributed by atoms with Crippen LogP contribution in [-0.2, 0) is 9.53 Å². The molecule has 0 aromatic rings. The summed E-state index contributed by atoms with van der Waals surface area (Å²) in [5.74, 6) is 0.417. The van der Waals surface area contributed by atoms with Crippen LogP contribution in [0.15, 0.2) is 0 Å². The molecule has 0 unspecified atom stereocenters. The Morgan fingerprint density at radius 1 is 1.56 bits per heavy atom. The third kappa shape index (κ3) is 1.39. The molecule has 0 saturated carbocycles. The van der Waals surface area contributed by atoms with E-state index < -0.39 is 11.1 Å². The van der Waals surface area contributed by atoms with Crippen molar-refractivity contribution in [3.63, 3.8) is 0 Å². The molecule has 0 bridgehead atoms. The number of rotatable bonds is 2. The van der Waals surface area contributed by atoms with Gasteiger partial charge in [-0.1, -0.05) is 13.8 Å². The number of aliphatic hydroxyl groups excluding tert-OH is 1. The van der Waals surface area contributed by atoms with Crippen molar-refractivity contribution in [1.82, 2.24) is 4.90 Å². The van der Waals surface area contributed by atoms with Crippen LogP contribution in [0.1, 0.15) is 34.1 Å². The Balaban J connectivity index is 2.33. The van der Waals surface area contributed by atoms with E-state index in [4.69, 9.17) is 4.74 Å². The van der Waals surface area contributed by atoms with E-state index in [0.717, 1.165) is 0 Å². The fourth-order valence-electron chi connectivity index (χ4n) is 2.97. The molecule has 2 aliphatic heterocycles. The average molecular weight is 227 g/mol. The lowest BCUT2D eigenvalue weighted by Crippen LogP contribution is -2.46. The van der Waals surface area contributed by atoms with Crippen molar-refractivity contribution in [2.24, 2.45) is 11.3 Å². The van der Waals surface area contributed by atoms with E-state index in [2.05, 4.69) is 13.8 Å². The molecule has 2 fully saturated rings. The molecule has 0 aliphatic carbocycles. The SMILES string of the molecule is CC(C)[C@H]1CO[C@]2(C)C[C@@](C)(CO)C(=O)N12. The van der Waals surface area contributed by atoms with E-state index in [1.807, 2.05) is 18.7 Å². The van der Waals surface area contributed by atoms with Crippen LogP contribution in [0, 0.1) is 11.3 Å². The van der Waals surface area contributed by atoms with Gasteiger partial charge in [0.25, 0.3) is 0 Å². The van der Waals surface area contributed by atoms with Gasteiger partial charge in [0.1, 0.15) is 5.72 Å². The van der Waals surface area contributed by atoms with Crippen molar-refractivity contribution in [3.8, 4) is 0 Å². The first-order valence-electron chi connectivity index (χ1n) is 5.93. The van der Waals surface area contributed by atoms with Gasteiger partial charge < -0.3 is 14.7 Å². The summed E-state index contributed by atoms with van der Waals surface area (Å²) in [6.45, 7) is 8.48. The van der Waals surface area contributed by atoms with E-state index in [1.54, 1.807) is 0 Å². The summed E-state index contributed by atoms with van der Waals surface area (Å²) in [6, 6.07) is 0.144. The zero-order valence-electron chi connectivity index (χ0n) is 10.5. The molecule has 0 aromatic carbocycles. The van der Waals surface area contributed by atoms with Crippen LogP contribution in [-0.4, -0.2) is 40.9 Å². The largest absolute Gasteiger partial charge is 0.395 e. The lowest BCUT2D eigenvalue weighted by molar-refractivity contribution is -0.142. The van der Waals surface area contributed by atoms with Crippen LogP contribution in [0.25, 0.3) is 0 Å². The Morgan fingerprint density at radius 3 is 2.69 bits per heavy atom. The first-order valence-corrected chi connectivity index (χ1v) is 5.93. The summed E-state index contributed by atoms with van der Waals surface area (Å²) in [7, 11) is 0. The highest BCUT2D eigenvalue weighted by molar-refractivity contribution is 5.86. The Bertz CT molecular complexity index is 317. The fraction of sp³-hybridized carbons (Fsp3) is 0.917. The smallest absolute Gasteiger partial charge is 0.233 e. The number of carbonyl (C=O) groups is 1. The Kier molecular flexibility index (Phi) is 2.55. The summed E-state index contributed by atoms with van der Waals surface area (Å²) in [4.78, 5) is 14.2. The molecule has 4 heteroatoms. The normalized spacial score (nSPS) is 43.2. The number of ether oxygens (including phenoxy) is 1. The summed E-state index contributed by atoms with van der Waals surface area (Å²) >= 11 is 0. The standard InChI is InChI=1S/C12H21NO3/c1-8(2)9-5-16-12(4)6-11(3,7-14)10(15)13(9)12/h8-9,14H,5-7H2,1-4H3/t9-,11+,12-/m1/s1. The second kappa shape index (κ2) is 3.44. The van der Waals surface area contributed by atoms with Crippen molar-refractivity contribution in [3.05, 3.63) is 0 Å². The zero-order chi connectivity index (χ0) is 12.1. The molecule has 4 nitrogen and oxygen atoms in total.